The van der Waals surface area contributed by atoms with Gasteiger partial charge in [-0.3, -0.25) is 4.79 Å². The van der Waals surface area contributed by atoms with Crippen LogP contribution in [0.5, 0.6) is 0 Å². The first-order chi connectivity index (χ1) is 14.2. The maximum Gasteiger partial charge on any atom is 0.224 e. The Balaban J connectivity index is 1.25. The molecule has 0 bridgehead atoms. The molecule has 29 heavy (non-hydrogen) atoms. The van der Waals surface area contributed by atoms with Crippen molar-refractivity contribution in [3.8, 4) is 0 Å². The molecule has 2 aliphatic carbocycles. The normalized spacial score (nSPS) is 16.7. The van der Waals surface area contributed by atoms with Crippen LogP contribution in [-0.4, -0.2) is 33.5 Å². The standard InChI is InChI=1S/C23H32N4OS/c1-29-23-26-25-21(27(23)20-9-4-5-10-20)11-6-14-24-22(28)16-17-12-13-18-7-2-3-8-19(18)15-17/h12-13,15,20H,2-11,14,16H2,1H3,(H,24,28). The van der Waals surface area contributed by atoms with Crippen LogP contribution in [0.2, 0.25) is 0 Å². The molecule has 156 valence electrons. The fourth-order valence-corrected chi connectivity index (χ4v) is 5.34. The summed E-state index contributed by atoms with van der Waals surface area (Å²) >= 11 is 1.68. The van der Waals surface area contributed by atoms with Gasteiger partial charge in [0.15, 0.2) is 5.16 Å². The highest BCUT2D eigenvalue weighted by molar-refractivity contribution is 7.98. The number of aromatic nitrogens is 3. The van der Waals surface area contributed by atoms with Crippen molar-refractivity contribution in [3.05, 3.63) is 40.7 Å². The van der Waals surface area contributed by atoms with Gasteiger partial charge < -0.3 is 9.88 Å². The zero-order valence-corrected chi connectivity index (χ0v) is 18.3. The van der Waals surface area contributed by atoms with Crippen LogP contribution >= 0.6 is 11.8 Å². The maximum absolute atomic E-state index is 12.4. The van der Waals surface area contributed by atoms with Crippen molar-refractivity contribution in [1.29, 1.82) is 0 Å². The Morgan fingerprint density at radius 1 is 1.14 bits per heavy atom. The molecule has 0 atom stereocenters. The Labute approximate surface area is 178 Å². The Bertz CT molecular complexity index is 841. The summed E-state index contributed by atoms with van der Waals surface area (Å²) in [5.74, 6) is 1.19. The van der Waals surface area contributed by atoms with Crippen LogP contribution in [0.1, 0.15) is 73.5 Å². The predicted octanol–water partition coefficient (Wildman–Crippen LogP) is 4.29. The summed E-state index contributed by atoms with van der Waals surface area (Å²) < 4.78 is 2.35. The Morgan fingerprint density at radius 3 is 2.72 bits per heavy atom. The molecule has 5 nitrogen and oxygen atoms in total. The van der Waals surface area contributed by atoms with Gasteiger partial charge in [-0.15, -0.1) is 10.2 Å². The molecule has 0 spiro atoms. The lowest BCUT2D eigenvalue weighted by molar-refractivity contribution is -0.120. The van der Waals surface area contributed by atoms with E-state index in [4.69, 9.17) is 0 Å². The van der Waals surface area contributed by atoms with Gasteiger partial charge >= 0.3 is 0 Å². The molecule has 1 heterocycles. The molecular weight excluding hydrogens is 380 g/mol. The molecule has 1 saturated carbocycles. The number of hydrogen-bond acceptors (Lipinski definition) is 4. The molecule has 2 aromatic rings. The van der Waals surface area contributed by atoms with E-state index in [0.717, 1.165) is 35.8 Å². The Morgan fingerprint density at radius 2 is 1.93 bits per heavy atom. The second-order valence-corrected chi connectivity index (χ2v) is 9.13. The van der Waals surface area contributed by atoms with Gasteiger partial charge in [-0.05, 0) is 67.9 Å². The number of rotatable bonds is 8. The van der Waals surface area contributed by atoms with Crippen LogP contribution in [0.15, 0.2) is 23.4 Å². The lowest BCUT2D eigenvalue weighted by atomic mass is 9.90. The van der Waals surface area contributed by atoms with Crippen LogP contribution in [-0.2, 0) is 30.5 Å². The van der Waals surface area contributed by atoms with E-state index in [1.807, 2.05) is 0 Å². The lowest BCUT2D eigenvalue weighted by Crippen LogP contribution is -2.26. The summed E-state index contributed by atoms with van der Waals surface area (Å²) in [5, 5.41) is 12.9. The average Bonchev–Trinajstić information content (AvgIpc) is 3.40. The van der Waals surface area contributed by atoms with Crippen molar-refractivity contribution in [2.75, 3.05) is 12.8 Å². The van der Waals surface area contributed by atoms with Gasteiger partial charge in [0.25, 0.3) is 0 Å². The van der Waals surface area contributed by atoms with Gasteiger partial charge in [0.2, 0.25) is 5.91 Å². The second-order valence-electron chi connectivity index (χ2n) is 8.35. The zero-order chi connectivity index (χ0) is 20.1. The largest absolute Gasteiger partial charge is 0.356 e. The minimum atomic E-state index is 0.114. The lowest BCUT2D eigenvalue weighted by Gasteiger charge is -2.17. The molecule has 1 aromatic heterocycles. The molecule has 1 fully saturated rings. The third-order valence-electron chi connectivity index (χ3n) is 6.28. The summed E-state index contributed by atoms with van der Waals surface area (Å²) in [6, 6.07) is 7.14. The second kappa shape index (κ2) is 9.79. The van der Waals surface area contributed by atoms with Gasteiger partial charge in [0.1, 0.15) is 5.82 Å². The third kappa shape index (κ3) is 5.03. The summed E-state index contributed by atoms with van der Waals surface area (Å²) in [4.78, 5) is 12.4. The van der Waals surface area contributed by atoms with E-state index < -0.39 is 0 Å². The first-order valence-electron chi connectivity index (χ1n) is 11.1. The number of thioether (sulfide) groups is 1. The van der Waals surface area contributed by atoms with E-state index in [1.165, 1.54) is 56.1 Å². The van der Waals surface area contributed by atoms with E-state index in [1.54, 1.807) is 11.8 Å². The average molecular weight is 413 g/mol. The van der Waals surface area contributed by atoms with Gasteiger partial charge in [-0.25, -0.2) is 0 Å². The van der Waals surface area contributed by atoms with E-state index in [2.05, 4.69) is 44.5 Å². The number of fused-ring (bicyclic) bond motifs is 1. The Hall–Kier alpha value is -1.82. The first-order valence-corrected chi connectivity index (χ1v) is 12.3. The summed E-state index contributed by atoms with van der Waals surface area (Å²) in [5.41, 5.74) is 4.04. The fraction of sp³-hybridized carbons (Fsp3) is 0.609. The van der Waals surface area contributed by atoms with Crippen LogP contribution in [0.25, 0.3) is 0 Å². The van der Waals surface area contributed by atoms with Crippen molar-refractivity contribution in [3.63, 3.8) is 0 Å². The topological polar surface area (TPSA) is 59.8 Å². The number of nitrogens with zero attached hydrogens (tertiary/aromatic N) is 3. The smallest absolute Gasteiger partial charge is 0.224 e. The third-order valence-corrected chi connectivity index (χ3v) is 6.93. The molecule has 4 rings (SSSR count). The summed E-state index contributed by atoms with van der Waals surface area (Å²) in [7, 11) is 0. The van der Waals surface area contributed by atoms with Crippen molar-refractivity contribution in [2.24, 2.45) is 0 Å². The number of aryl methyl sites for hydroxylation is 3. The number of carbonyl (C=O) groups is 1. The summed E-state index contributed by atoms with van der Waals surface area (Å²) in [6.07, 6.45) is 14.3. The van der Waals surface area contributed by atoms with Crippen molar-refractivity contribution in [1.82, 2.24) is 20.1 Å². The molecule has 1 amide bonds. The van der Waals surface area contributed by atoms with Gasteiger partial charge in [0.05, 0.1) is 6.42 Å². The van der Waals surface area contributed by atoms with E-state index in [-0.39, 0.29) is 5.91 Å². The van der Waals surface area contributed by atoms with E-state index >= 15 is 0 Å². The van der Waals surface area contributed by atoms with Crippen LogP contribution < -0.4 is 5.32 Å². The molecule has 0 radical (unpaired) electrons. The number of nitrogens with one attached hydrogen (secondary N) is 1. The highest BCUT2D eigenvalue weighted by Crippen LogP contribution is 2.33. The molecule has 1 aromatic carbocycles. The molecular formula is C23H32N4OS. The Kier molecular flexibility index (Phi) is 6.90. The van der Waals surface area contributed by atoms with Gasteiger partial charge in [-0.1, -0.05) is 42.8 Å². The monoisotopic (exact) mass is 412 g/mol. The van der Waals surface area contributed by atoms with Crippen LogP contribution in [0, 0.1) is 0 Å². The van der Waals surface area contributed by atoms with E-state index in [9.17, 15) is 4.79 Å². The molecule has 0 saturated heterocycles. The number of benzene rings is 1. The number of hydrogen-bond donors (Lipinski definition) is 1. The van der Waals surface area contributed by atoms with Crippen LogP contribution in [0.4, 0.5) is 0 Å². The number of amides is 1. The maximum atomic E-state index is 12.4. The predicted molar refractivity (Wildman–Crippen MR) is 117 cm³/mol. The highest BCUT2D eigenvalue weighted by Gasteiger charge is 2.23. The van der Waals surface area contributed by atoms with E-state index in [0.29, 0.717) is 19.0 Å². The highest BCUT2D eigenvalue weighted by atomic mass is 32.2. The van der Waals surface area contributed by atoms with Gasteiger partial charge in [-0.2, -0.15) is 0 Å². The minimum absolute atomic E-state index is 0.114. The molecule has 0 aliphatic heterocycles. The molecule has 1 N–H and O–H groups in total. The van der Waals surface area contributed by atoms with Crippen molar-refractivity contribution in [2.45, 2.75) is 81.8 Å². The van der Waals surface area contributed by atoms with Crippen molar-refractivity contribution < 1.29 is 4.79 Å². The van der Waals surface area contributed by atoms with Gasteiger partial charge in [0, 0.05) is 19.0 Å². The molecule has 6 heteroatoms. The fourth-order valence-electron chi connectivity index (χ4n) is 4.77. The molecule has 2 aliphatic rings. The quantitative estimate of drug-likeness (QED) is 0.519. The minimum Gasteiger partial charge on any atom is -0.356 e. The zero-order valence-electron chi connectivity index (χ0n) is 17.5. The van der Waals surface area contributed by atoms with Crippen LogP contribution in [0.3, 0.4) is 0 Å². The summed E-state index contributed by atoms with van der Waals surface area (Å²) in [6.45, 7) is 0.690. The van der Waals surface area contributed by atoms with Crippen molar-refractivity contribution >= 4 is 17.7 Å². The first kappa shape index (κ1) is 20.5. The number of carbonyl (C=O) groups excluding carboxylic acids is 1. The molecule has 0 unspecified atom stereocenters. The SMILES string of the molecule is CSc1nnc(CCCNC(=O)Cc2ccc3c(c2)CCCC3)n1C1CCCC1.